The first kappa shape index (κ1) is 9.95. The molecule has 0 aromatic heterocycles. The Hall–Kier alpha value is -0.130. The molecule has 0 atom stereocenters. The number of hydroxylamine groups is 1. The highest BCUT2D eigenvalue weighted by Crippen LogP contribution is 2.26. The van der Waals surface area contributed by atoms with E-state index in [1.165, 1.54) is 14.2 Å². The molecular formula is C7H15NO3S. The molecule has 1 saturated carbocycles. The first-order valence-corrected chi connectivity index (χ1v) is 5.61. The Morgan fingerprint density at radius 3 is 2.25 bits per heavy atom. The predicted molar refractivity (Wildman–Crippen MR) is 45.9 cm³/mol. The first-order valence-electron chi connectivity index (χ1n) is 4.11. The van der Waals surface area contributed by atoms with Gasteiger partial charge in [0.15, 0.2) is 0 Å². The Kier molecular flexibility index (Phi) is 3.09. The minimum atomic E-state index is -3.18. The quantitative estimate of drug-likeness (QED) is 0.621. The average Bonchev–Trinajstić information content (AvgIpc) is 2.55. The van der Waals surface area contributed by atoms with Crippen molar-refractivity contribution in [3.05, 3.63) is 0 Å². The molecule has 0 heterocycles. The molecule has 0 aromatic rings. The third kappa shape index (κ3) is 1.78. The van der Waals surface area contributed by atoms with E-state index in [0.29, 0.717) is 0 Å². The van der Waals surface area contributed by atoms with Gasteiger partial charge in [0.1, 0.15) is 0 Å². The van der Waals surface area contributed by atoms with E-state index >= 15 is 0 Å². The van der Waals surface area contributed by atoms with Gasteiger partial charge in [0.2, 0.25) is 10.0 Å². The van der Waals surface area contributed by atoms with Crippen LogP contribution in [0.25, 0.3) is 0 Å². The van der Waals surface area contributed by atoms with Gasteiger partial charge >= 0.3 is 0 Å². The molecule has 1 rings (SSSR count). The number of nitrogens with zero attached hydrogens (tertiary/aromatic N) is 1. The van der Waals surface area contributed by atoms with E-state index in [4.69, 9.17) is 0 Å². The molecule has 0 unspecified atom stereocenters. The second-order valence-corrected chi connectivity index (χ2v) is 5.25. The van der Waals surface area contributed by atoms with Gasteiger partial charge in [-0.2, -0.15) is 0 Å². The van der Waals surface area contributed by atoms with E-state index in [1.807, 2.05) is 0 Å². The predicted octanol–water partition coefficient (Wildman–Crippen LogP) is 0.752. The molecule has 1 aliphatic carbocycles. The maximum atomic E-state index is 11.6. The zero-order chi connectivity index (χ0) is 9.19. The van der Waals surface area contributed by atoms with Gasteiger partial charge in [0.05, 0.1) is 12.4 Å². The monoisotopic (exact) mass is 193 g/mol. The molecule has 1 fully saturated rings. The van der Waals surface area contributed by atoms with Gasteiger partial charge in [-0.25, -0.2) is 8.42 Å². The highest BCUT2D eigenvalue weighted by atomic mass is 32.2. The van der Waals surface area contributed by atoms with Crippen LogP contribution in [0.15, 0.2) is 0 Å². The number of rotatable bonds is 3. The number of hydrogen-bond donors (Lipinski definition) is 0. The zero-order valence-electron chi connectivity index (χ0n) is 7.49. The van der Waals surface area contributed by atoms with Crippen LogP contribution in [-0.4, -0.2) is 32.3 Å². The molecule has 4 nitrogen and oxygen atoms in total. The lowest BCUT2D eigenvalue weighted by Crippen LogP contribution is -2.33. The Morgan fingerprint density at radius 1 is 1.33 bits per heavy atom. The second kappa shape index (κ2) is 3.72. The van der Waals surface area contributed by atoms with Gasteiger partial charge in [-0.15, -0.1) is 0 Å². The summed E-state index contributed by atoms with van der Waals surface area (Å²) in [5, 5.41) is -0.220. The van der Waals surface area contributed by atoms with Crippen molar-refractivity contribution >= 4 is 10.0 Å². The van der Waals surface area contributed by atoms with Crippen molar-refractivity contribution in [1.82, 2.24) is 4.47 Å². The molecule has 0 N–H and O–H groups in total. The summed E-state index contributed by atoms with van der Waals surface area (Å²) in [6.45, 7) is 0. The van der Waals surface area contributed by atoms with Crippen molar-refractivity contribution in [2.75, 3.05) is 14.2 Å². The number of hydrogen-bond acceptors (Lipinski definition) is 3. The SMILES string of the molecule is CON(C)S(=O)(=O)C1CCCC1. The lowest BCUT2D eigenvalue weighted by molar-refractivity contribution is -0.0267. The van der Waals surface area contributed by atoms with Crippen LogP contribution >= 0.6 is 0 Å². The van der Waals surface area contributed by atoms with Crippen LogP contribution in [0.4, 0.5) is 0 Å². The number of sulfonamides is 1. The minimum Gasteiger partial charge on any atom is -0.288 e. The van der Waals surface area contributed by atoms with Crippen molar-refractivity contribution < 1.29 is 13.3 Å². The molecule has 0 saturated heterocycles. The standard InChI is InChI=1S/C7H15NO3S/c1-8(11-2)12(9,10)7-5-3-4-6-7/h7H,3-6H2,1-2H3. The molecule has 0 aliphatic heterocycles. The summed E-state index contributed by atoms with van der Waals surface area (Å²) in [4.78, 5) is 4.67. The summed E-state index contributed by atoms with van der Waals surface area (Å²) in [6, 6.07) is 0. The third-order valence-electron chi connectivity index (χ3n) is 2.34. The van der Waals surface area contributed by atoms with Gasteiger partial charge < -0.3 is 0 Å². The van der Waals surface area contributed by atoms with E-state index in [1.54, 1.807) is 0 Å². The summed E-state index contributed by atoms with van der Waals surface area (Å²) >= 11 is 0. The van der Waals surface area contributed by atoms with Crippen LogP contribution in [-0.2, 0) is 14.9 Å². The minimum absolute atomic E-state index is 0.220. The molecule has 72 valence electrons. The van der Waals surface area contributed by atoms with Crippen LogP contribution in [0.3, 0.4) is 0 Å². The van der Waals surface area contributed by atoms with Gasteiger partial charge in [0, 0.05) is 7.05 Å². The lowest BCUT2D eigenvalue weighted by atomic mass is 10.4. The lowest BCUT2D eigenvalue weighted by Gasteiger charge is -2.18. The van der Waals surface area contributed by atoms with Crippen LogP contribution in [0.2, 0.25) is 0 Å². The highest BCUT2D eigenvalue weighted by Gasteiger charge is 2.32. The largest absolute Gasteiger partial charge is 0.288 e. The van der Waals surface area contributed by atoms with Crippen molar-refractivity contribution in [3.63, 3.8) is 0 Å². The van der Waals surface area contributed by atoms with Gasteiger partial charge in [-0.1, -0.05) is 17.3 Å². The van der Waals surface area contributed by atoms with Gasteiger partial charge in [0.25, 0.3) is 0 Å². The van der Waals surface area contributed by atoms with Crippen molar-refractivity contribution in [3.8, 4) is 0 Å². The zero-order valence-corrected chi connectivity index (χ0v) is 8.30. The Morgan fingerprint density at radius 2 is 1.83 bits per heavy atom. The van der Waals surface area contributed by atoms with Crippen LogP contribution < -0.4 is 0 Å². The smallest absolute Gasteiger partial charge is 0.238 e. The summed E-state index contributed by atoms with van der Waals surface area (Å²) in [5.41, 5.74) is 0. The Balaban J connectivity index is 2.70. The van der Waals surface area contributed by atoms with E-state index in [9.17, 15) is 8.42 Å². The molecule has 0 spiro atoms. The topological polar surface area (TPSA) is 46.6 Å². The normalized spacial score (nSPS) is 20.6. The maximum absolute atomic E-state index is 11.6. The Labute approximate surface area is 73.5 Å². The van der Waals surface area contributed by atoms with Crippen LogP contribution in [0, 0.1) is 0 Å². The maximum Gasteiger partial charge on any atom is 0.238 e. The highest BCUT2D eigenvalue weighted by molar-refractivity contribution is 7.89. The van der Waals surface area contributed by atoms with E-state index in [0.717, 1.165) is 30.2 Å². The Bertz CT molecular complexity index is 231. The second-order valence-electron chi connectivity index (χ2n) is 3.04. The molecule has 12 heavy (non-hydrogen) atoms. The summed E-state index contributed by atoms with van der Waals surface area (Å²) in [6.07, 6.45) is 3.58. The summed E-state index contributed by atoms with van der Waals surface area (Å²) < 4.78 is 24.1. The molecular weight excluding hydrogens is 178 g/mol. The third-order valence-corrected chi connectivity index (χ3v) is 4.52. The fourth-order valence-corrected chi connectivity index (χ4v) is 3.06. The average molecular weight is 193 g/mol. The molecule has 0 aromatic carbocycles. The van der Waals surface area contributed by atoms with Crippen molar-refractivity contribution in [1.29, 1.82) is 0 Å². The summed E-state index contributed by atoms with van der Waals surface area (Å²) in [7, 11) is -0.372. The fourth-order valence-electron chi connectivity index (χ4n) is 1.50. The molecule has 1 aliphatic rings. The molecule has 5 heteroatoms. The molecule has 0 bridgehead atoms. The van der Waals surface area contributed by atoms with Crippen LogP contribution in [0.1, 0.15) is 25.7 Å². The van der Waals surface area contributed by atoms with E-state index in [2.05, 4.69) is 4.84 Å². The van der Waals surface area contributed by atoms with E-state index < -0.39 is 10.0 Å². The summed E-state index contributed by atoms with van der Waals surface area (Å²) in [5.74, 6) is 0. The molecule has 0 radical (unpaired) electrons. The van der Waals surface area contributed by atoms with Crippen molar-refractivity contribution in [2.24, 2.45) is 0 Å². The van der Waals surface area contributed by atoms with Gasteiger partial charge in [-0.3, -0.25) is 4.84 Å². The molecule has 0 amide bonds. The van der Waals surface area contributed by atoms with E-state index in [-0.39, 0.29) is 5.25 Å². The van der Waals surface area contributed by atoms with Crippen molar-refractivity contribution in [2.45, 2.75) is 30.9 Å². The van der Waals surface area contributed by atoms with Crippen LogP contribution in [0.5, 0.6) is 0 Å². The van der Waals surface area contributed by atoms with Gasteiger partial charge in [-0.05, 0) is 12.8 Å². The first-order chi connectivity index (χ1) is 5.59. The fraction of sp³-hybridized carbons (Fsp3) is 1.00.